The summed E-state index contributed by atoms with van der Waals surface area (Å²) in [5, 5.41) is 0.418. The van der Waals surface area contributed by atoms with Crippen LogP contribution in [0.25, 0.3) is 0 Å². The van der Waals surface area contributed by atoms with Gasteiger partial charge in [0, 0.05) is 5.02 Å². The molecule has 1 aromatic carbocycles. The van der Waals surface area contributed by atoms with Gasteiger partial charge in [-0.05, 0) is 44.2 Å². The van der Waals surface area contributed by atoms with Gasteiger partial charge in [0.2, 0.25) is 10.0 Å². The van der Waals surface area contributed by atoms with Crippen molar-refractivity contribution in [1.82, 2.24) is 4.72 Å². The molecule has 0 amide bonds. The van der Waals surface area contributed by atoms with Crippen LogP contribution in [0.1, 0.15) is 24.5 Å². The van der Waals surface area contributed by atoms with Crippen LogP contribution >= 0.6 is 23.2 Å². The maximum absolute atomic E-state index is 12.3. The molecule has 1 unspecified atom stereocenters. The molecule has 0 radical (unpaired) electrons. The van der Waals surface area contributed by atoms with Gasteiger partial charge in [-0.2, -0.15) is 0 Å². The van der Waals surface area contributed by atoms with Crippen LogP contribution in [-0.4, -0.2) is 8.42 Å². The van der Waals surface area contributed by atoms with Crippen LogP contribution < -0.4 is 4.72 Å². The summed E-state index contributed by atoms with van der Waals surface area (Å²) in [6, 6.07) is 7.27. The highest BCUT2D eigenvalue weighted by Crippen LogP contribution is 2.26. The Morgan fingerprint density at radius 2 is 1.90 bits per heavy atom. The van der Waals surface area contributed by atoms with E-state index in [9.17, 15) is 8.42 Å². The zero-order valence-corrected chi connectivity index (χ0v) is 13.2. The summed E-state index contributed by atoms with van der Waals surface area (Å²) in [6.45, 7) is 3.48. The van der Waals surface area contributed by atoms with E-state index in [-0.39, 0.29) is 9.92 Å². The summed E-state index contributed by atoms with van der Waals surface area (Å²) in [7, 11) is -3.78. The van der Waals surface area contributed by atoms with E-state index < -0.39 is 16.1 Å². The fourth-order valence-corrected chi connectivity index (χ4v) is 3.70. The lowest BCUT2D eigenvalue weighted by molar-refractivity contribution is 0.441. The Kier molecular flexibility index (Phi) is 4.44. The van der Waals surface area contributed by atoms with Crippen molar-refractivity contribution in [2.24, 2.45) is 0 Å². The van der Waals surface area contributed by atoms with Crippen molar-refractivity contribution < 1.29 is 12.8 Å². The minimum Gasteiger partial charge on any atom is -0.465 e. The fraction of sp³-hybridized carbons (Fsp3) is 0.231. The lowest BCUT2D eigenvalue weighted by Gasteiger charge is -2.13. The Morgan fingerprint density at radius 1 is 1.20 bits per heavy atom. The summed E-state index contributed by atoms with van der Waals surface area (Å²) >= 11 is 11.7. The third kappa shape index (κ3) is 3.35. The zero-order chi connectivity index (χ0) is 14.9. The number of halogens is 2. The molecule has 0 saturated heterocycles. The van der Waals surface area contributed by atoms with Crippen LogP contribution in [0.5, 0.6) is 0 Å². The summed E-state index contributed by atoms with van der Waals surface area (Å²) in [5.74, 6) is 1.25. The first kappa shape index (κ1) is 15.4. The minimum atomic E-state index is -3.78. The summed E-state index contributed by atoms with van der Waals surface area (Å²) in [6.07, 6.45) is 0. The number of furan rings is 1. The van der Waals surface area contributed by atoms with E-state index >= 15 is 0 Å². The van der Waals surface area contributed by atoms with Gasteiger partial charge < -0.3 is 4.42 Å². The highest BCUT2D eigenvalue weighted by Gasteiger charge is 2.22. The molecule has 0 bridgehead atoms. The fourth-order valence-electron chi connectivity index (χ4n) is 1.72. The van der Waals surface area contributed by atoms with Crippen LogP contribution in [0, 0.1) is 6.92 Å². The Hall–Kier alpha value is -1.01. The minimum absolute atomic E-state index is 0.0539. The molecule has 2 aromatic rings. The SMILES string of the molecule is Cc1ccc(C(C)NS(=O)(=O)c2cc(Cl)ccc2Cl)o1. The summed E-state index contributed by atoms with van der Waals surface area (Å²) in [4.78, 5) is -0.0539. The lowest BCUT2D eigenvalue weighted by atomic mass is 10.3. The summed E-state index contributed by atoms with van der Waals surface area (Å²) < 4.78 is 32.5. The molecule has 1 aromatic heterocycles. The molecule has 0 spiro atoms. The number of sulfonamides is 1. The molecular weight excluding hydrogens is 321 g/mol. The summed E-state index contributed by atoms with van der Waals surface area (Å²) in [5.41, 5.74) is 0. The molecule has 20 heavy (non-hydrogen) atoms. The van der Waals surface area contributed by atoms with Crippen molar-refractivity contribution in [3.63, 3.8) is 0 Å². The highest BCUT2D eigenvalue weighted by molar-refractivity contribution is 7.89. The third-order valence-electron chi connectivity index (χ3n) is 2.70. The van der Waals surface area contributed by atoms with Crippen molar-refractivity contribution in [1.29, 1.82) is 0 Å². The molecule has 0 aliphatic carbocycles. The van der Waals surface area contributed by atoms with Gasteiger partial charge in [0.1, 0.15) is 16.4 Å². The van der Waals surface area contributed by atoms with Gasteiger partial charge in [-0.3, -0.25) is 0 Å². The smallest absolute Gasteiger partial charge is 0.242 e. The van der Waals surface area contributed by atoms with Gasteiger partial charge in [-0.1, -0.05) is 23.2 Å². The molecule has 108 valence electrons. The van der Waals surface area contributed by atoms with Crippen molar-refractivity contribution in [2.75, 3.05) is 0 Å². The van der Waals surface area contributed by atoms with E-state index in [0.29, 0.717) is 16.5 Å². The average Bonchev–Trinajstić information content (AvgIpc) is 2.78. The number of hydrogen-bond donors (Lipinski definition) is 1. The monoisotopic (exact) mass is 333 g/mol. The van der Waals surface area contributed by atoms with Gasteiger partial charge in [0.25, 0.3) is 0 Å². The highest BCUT2D eigenvalue weighted by atomic mass is 35.5. The standard InChI is InChI=1S/C13H13Cl2NO3S/c1-8-3-6-12(19-8)9(2)16-20(17,18)13-7-10(14)4-5-11(13)15/h3-7,9,16H,1-2H3. The van der Waals surface area contributed by atoms with Crippen molar-refractivity contribution in [3.8, 4) is 0 Å². The van der Waals surface area contributed by atoms with Gasteiger partial charge in [-0.15, -0.1) is 0 Å². The van der Waals surface area contributed by atoms with Gasteiger partial charge in [0.05, 0.1) is 11.1 Å². The van der Waals surface area contributed by atoms with Crippen molar-refractivity contribution >= 4 is 33.2 Å². The Bertz CT molecular complexity index is 725. The normalized spacial score (nSPS) is 13.4. The van der Waals surface area contributed by atoms with Crippen LogP contribution in [0.4, 0.5) is 0 Å². The molecule has 0 aliphatic heterocycles. The van der Waals surface area contributed by atoms with Gasteiger partial charge in [-0.25, -0.2) is 13.1 Å². The van der Waals surface area contributed by atoms with E-state index in [4.69, 9.17) is 27.6 Å². The van der Waals surface area contributed by atoms with E-state index in [0.717, 1.165) is 0 Å². The number of aryl methyl sites for hydroxylation is 1. The molecule has 0 fully saturated rings. The first-order valence-corrected chi connectivity index (χ1v) is 8.07. The van der Waals surface area contributed by atoms with E-state index in [2.05, 4.69) is 4.72 Å². The molecule has 1 heterocycles. The number of rotatable bonds is 4. The van der Waals surface area contributed by atoms with E-state index in [1.54, 1.807) is 26.0 Å². The Balaban J connectivity index is 2.29. The lowest BCUT2D eigenvalue weighted by Crippen LogP contribution is -2.26. The van der Waals surface area contributed by atoms with Crippen molar-refractivity contribution in [2.45, 2.75) is 24.8 Å². The molecular formula is C13H13Cl2NO3S. The number of nitrogens with one attached hydrogen (secondary N) is 1. The molecule has 1 N–H and O–H groups in total. The third-order valence-corrected chi connectivity index (χ3v) is 4.96. The van der Waals surface area contributed by atoms with Crippen LogP contribution in [0.3, 0.4) is 0 Å². The predicted octanol–water partition coefficient (Wildman–Crippen LogP) is 3.93. The molecule has 0 aliphatic rings. The zero-order valence-electron chi connectivity index (χ0n) is 10.9. The molecule has 1 atom stereocenters. The van der Waals surface area contributed by atoms with Gasteiger partial charge in [0.15, 0.2) is 0 Å². The van der Waals surface area contributed by atoms with Crippen LogP contribution in [0.2, 0.25) is 10.0 Å². The van der Waals surface area contributed by atoms with Gasteiger partial charge >= 0.3 is 0 Å². The Morgan fingerprint density at radius 3 is 2.50 bits per heavy atom. The number of hydrogen-bond acceptors (Lipinski definition) is 3. The average molecular weight is 334 g/mol. The van der Waals surface area contributed by atoms with Crippen LogP contribution in [0.15, 0.2) is 39.6 Å². The van der Waals surface area contributed by atoms with Crippen molar-refractivity contribution in [3.05, 3.63) is 51.9 Å². The second kappa shape index (κ2) is 5.77. The molecule has 4 nitrogen and oxygen atoms in total. The maximum atomic E-state index is 12.3. The van der Waals surface area contributed by atoms with E-state index in [1.165, 1.54) is 18.2 Å². The first-order chi connectivity index (χ1) is 9.29. The molecule has 7 heteroatoms. The topological polar surface area (TPSA) is 59.3 Å². The maximum Gasteiger partial charge on any atom is 0.242 e. The quantitative estimate of drug-likeness (QED) is 0.921. The number of benzene rings is 1. The second-order valence-electron chi connectivity index (χ2n) is 4.37. The predicted molar refractivity (Wildman–Crippen MR) is 78.6 cm³/mol. The molecule has 0 saturated carbocycles. The first-order valence-electron chi connectivity index (χ1n) is 5.83. The van der Waals surface area contributed by atoms with E-state index in [1.807, 2.05) is 0 Å². The van der Waals surface area contributed by atoms with Crippen LogP contribution in [-0.2, 0) is 10.0 Å². The largest absolute Gasteiger partial charge is 0.465 e. The molecule has 2 rings (SSSR count). The Labute approximate surface area is 127 Å². The second-order valence-corrected chi connectivity index (χ2v) is 6.89.